The molecule has 2 heterocycles. The van der Waals surface area contributed by atoms with Crippen molar-refractivity contribution in [2.45, 2.75) is 12.8 Å². The van der Waals surface area contributed by atoms with Crippen molar-refractivity contribution in [3.63, 3.8) is 0 Å². The zero-order chi connectivity index (χ0) is 14.8. The first-order chi connectivity index (χ1) is 10.2. The number of anilines is 1. The first-order valence-electron chi connectivity index (χ1n) is 7.34. The zero-order valence-electron chi connectivity index (χ0n) is 12.3. The predicted octanol–water partition coefficient (Wildman–Crippen LogP) is 2.25. The topological polar surface area (TPSA) is 71.3 Å². The lowest BCUT2D eigenvalue weighted by molar-refractivity contribution is 0.0609. The summed E-state index contributed by atoms with van der Waals surface area (Å²) in [5.41, 5.74) is 8.07. The first kappa shape index (κ1) is 13.9. The molecule has 1 aliphatic heterocycles. The number of benzene rings is 1. The smallest absolute Gasteiger partial charge is 0.270 e. The molecule has 0 spiro atoms. The molecule has 2 aromatic rings. The number of methoxy groups -OCH3 is 1. The van der Waals surface area contributed by atoms with E-state index in [2.05, 4.69) is 4.98 Å². The van der Waals surface area contributed by atoms with Gasteiger partial charge in [-0.05, 0) is 43.0 Å². The molecule has 1 amide bonds. The van der Waals surface area contributed by atoms with Gasteiger partial charge in [0.05, 0.1) is 0 Å². The number of H-pyrrole nitrogens is 1. The van der Waals surface area contributed by atoms with Crippen LogP contribution in [0.3, 0.4) is 0 Å². The SMILES string of the molecule is COCC1CCN(C(=O)c2cc3cc(N)ccc3[nH]2)CC1. The summed E-state index contributed by atoms with van der Waals surface area (Å²) in [5, 5.41) is 0.979. The Hall–Kier alpha value is -2.01. The number of piperidine rings is 1. The summed E-state index contributed by atoms with van der Waals surface area (Å²) in [6.45, 7) is 2.38. The summed E-state index contributed by atoms with van der Waals surface area (Å²) in [6, 6.07) is 7.51. The minimum absolute atomic E-state index is 0.0700. The number of nitrogens with one attached hydrogen (secondary N) is 1. The molecule has 0 aliphatic carbocycles. The molecule has 1 aromatic carbocycles. The van der Waals surface area contributed by atoms with Crippen molar-refractivity contribution in [3.8, 4) is 0 Å². The van der Waals surface area contributed by atoms with Gasteiger partial charge in [0, 0.05) is 43.4 Å². The van der Waals surface area contributed by atoms with E-state index in [9.17, 15) is 4.79 Å². The molecule has 112 valence electrons. The highest BCUT2D eigenvalue weighted by Crippen LogP contribution is 2.22. The summed E-state index contributed by atoms with van der Waals surface area (Å²) in [5.74, 6) is 0.641. The van der Waals surface area contributed by atoms with Crippen LogP contribution in [-0.2, 0) is 4.74 Å². The highest BCUT2D eigenvalue weighted by atomic mass is 16.5. The average Bonchev–Trinajstić information content (AvgIpc) is 2.90. The van der Waals surface area contributed by atoms with E-state index in [-0.39, 0.29) is 5.91 Å². The molecule has 1 aromatic heterocycles. The fourth-order valence-corrected chi connectivity index (χ4v) is 2.98. The number of aromatic nitrogens is 1. The highest BCUT2D eigenvalue weighted by molar-refractivity contribution is 5.98. The summed E-state index contributed by atoms with van der Waals surface area (Å²) in [7, 11) is 1.73. The molecular formula is C16H21N3O2. The van der Waals surface area contributed by atoms with Crippen molar-refractivity contribution in [1.29, 1.82) is 0 Å². The molecule has 3 N–H and O–H groups in total. The number of nitrogens with two attached hydrogens (primary N) is 1. The first-order valence-corrected chi connectivity index (χ1v) is 7.34. The molecule has 1 fully saturated rings. The van der Waals surface area contributed by atoms with Gasteiger partial charge in [-0.3, -0.25) is 4.79 Å². The standard InChI is InChI=1S/C16H21N3O2/c1-21-10-11-4-6-19(7-5-11)16(20)15-9-12-8-13(17)2-3-14(12)18-15/h2-3,8-9,11,18H,4-7,10,17H2,1H3. The van der Waals surface area contributed by atoms with E-state index < -0.39 is 0 Å². The van der Waals surface area contributed by atoms with Gasteiger partial charge in [-0.15, -0.1) is 0 Å². The van der Waals surface area contributed by atoms with E-state index in [1.807, 2.05) is 29.2 Å². The zero-order valence-corrected chi connectivity index (χ0v) is 12.3. The van der Waals surface area contributed by atoms with E-state index in [4.69, 9.17) is 10.5 Å². The second-order valence-corrected chi connectivity index (χ2v) is 5.72. The molecule has 5 nitrogen and oxygen atoms in total. The van der Waals surface area contributed by atoms with Crippen molar-refractivity contribution >= 4 is 22.5 Å². The van der Waals surface area contributed by atoms with Gasteiger partial charge in [0.1, 0.15) is 5.69 Å². The molecular weight excluding hydrogens is 266 g/mol. The fourth-order valence-electron chi connectivity index (χ4n) is 2.98. The lowest BCUT2D eigenvalue weighted by Gasteiger charge is -2.31. The Morgan fingerprint density at radius 3 is 2.86 bits per heavy atom. The molecule has 1 aliphatic rings. The van der Waals surface area contributed by atoms with Crippen molar-refractivity contribution in [2.24, 2.45) is 5.92 Å². The largest absolute Gasteiger partial charge is 0.399 e. The minimum Gasteiger partial charge on any atom is -0.399 e. The second kappa shape index (κ2) is 5.77. The van der Waals surface area contributed by atoms with Crippen LogP contribution in [-0.4, -0.2) is 42.6 Å². The maximum absolute atomic E-state index is 12.6. The fraction of sp³-hybridized carbons (Fsp3) is 0.438. The van der Waals surface area contributed by atoms with Crippen LogP contribution in [0, 0.1) is 5.92 Å². The average molecular weight is 287 g/mol. The maximum Gasteiger partial charge on any atom is 0.270 e. The Balaban J connectivity index is 1.72. The van der Waals surface area contributed by atoms with Gasteiger partial charge in [-0.25, -0.2) is 0 Å². The molecule has 0 atom stereocenters. The number of nitrogen functional groups attached to an aromatic ring is 1. The number of likely N-dealkylation sites (tertiary alicyclic amines) is 1. The molecule has 0 bridgehead atoms. The quantitative estimate of drug-likeness (QED) is 0.851. The normalized spacial score (nSPS) is 16.5. The van der Waals surface area contributed by atoms with Crippen molar-refractivity contribution < 1.29 is 9.53 Å². The number of amides is 1. The summed E-state index contributed by atoms with van der Waals surface area (Å²) < 4.78 is 5.19. The van der Waals surface area contributed by atoms with E-state index in [1.54, 1.807) is 7.11 Å². The van der Waals surface area contributed by atoms with Gasteiger partial charge >= 0.3 is 0 Å². The van der Waals surface area contributed by atoms with Gasteiger partial charge in [-0.1, -0.05) is 0 Å². The molecule has 5 heteroatoms. The van der Waals surface area contributed by atoms with E-state index in [0.717, 1.165) is 43.4 Å². The Morgan fingerprint density at radius 1 is 1.38 bits per heavy atom. The van der Waals surface area contributed by atoms with Crippen LogP contribution in [0.25, 0.3) is 10.9 Å². The number of rotatable bonds is 3. The van der Waals surface area contributed by atoms with Crippen molar-refractivity contribution in [2.75, 3.05) is 32.5 Å². The van der Waals surface area contributed by atoms with Gasteiger partial charge in [-0.2, -0.15) is 0 Å². The van der Waals surface area contributed by atoms with Crippen LogP contribution in [0.4, 0.5) is 5.69 Å². The lowest BCUT2D eigenvalue weighted by atomic mass is 9.97. The molecule has 1 saturated heterocycles. The molecule has 21 heavy (non-hydrogen) atoms. The number of ether oxygens (including phenoxy) is 1. The third kappa shape index (κ3) is 2.88. The summed E-state index contributed by atoms with van der Waals surface area (Å²) in [6.07, 6.45) is 2.01. The number of nitrogens with zero attached hydrogens (tertiary/aromatic N) is 1. The highest BCUT2D eigenvalue weighted by Gasteiger charge is 2.24. The van der Waals surface area contributed by atoms with E-state index >= 15 is 0 Å². The van der Waals surface area contributed by atoms with Crippen LogP contribution in [0.1, 0.15) is 23.3 Å². The molecule has 0 unspecified atom stereocenters. The number of carbonyl (C=O) groups excluding carboxylic acids is 1. The van der Waals surface area contributed by atoms with E-state index in [0.29, 0.717) is 17.3 Å². The summed E-state index contributed by atoms with van der Waals surface area (Å²) >= 11 is 0. The third-order valence-electron chi connectivity index (χ3n) is 4.18. The van der Waals surface area contributed by atoms with Crippen molar-refractivity contribution in [1.82, 2.24) is 9.88 Å². The number of aromatic amines is 1. The number of fused-ring (bicyclic) bond motifs is 1. The lowest BCUT2D eigenvalue weighted by Crippen LogP contribution is -2.39. The van der Waals surface area contributed by atoms with E-state index in [1.165, 1.54) is 0 Å². The van der Waals surface area contributed by atoms with Gasteiger partial charge < -0.3 is 20.4 Å². The minimum atomic E-state index is 0.0700. The predicted molar refractivity (Wildman–Crippen MR) is 83.2 cm³/mol. The number of hydrogen-bond acceptors (Lipinski definition) is 3. The van der Waals surface area contributed by atoms with Crippen LogP contribution >= 0.6 is 0 Å². The maximum atomic E-state index is 12.6. The van der Waals surface area contributed by atoms with Crippen LogP contribution in [0.15, 0.2) is 24.3 Å². The molecule has 3 rings (SSSR count). The molecule has 0 saturated carbocycles. The summed E-state index contributed by atoms with van der Waals surface area (Å²) in [4.78, 5) is 17.7. The number of hydrogen-bond donors (Lipinski definition) is 2. The Labute approximate surface area is 124 Å². The Bertz CT molecular complexity index is 642. The molecule has 0 radical (unpaired) electrons. The number of carbonyl (C=O) groups is 1. The second-order valence-electron chi connectivity index (χ2n) is 5.72. The van der Waals surface area contributed by atoms with Crippen LogP contribution in [0.5, 0.6) is 0 Å². The van der Waals surface area contributed by atoms with Gasteiger partial charge in [0.15, 0.2) is 0 Å². The Morgan fingerprint density at radius 2 is 2.14 bits per heavy atom. The van der Waals surface area contributed by atoms with Gasteiger partial charge in [0.2, 0.25) is 0 Å². The van der Waals surface area contributed by atoms with Gasteiger partial charge in [0.25, 0.3) is 5.91 Å². The van der Waals surface area contributed by atoms with Crippen LogP contribution in [0.2, 0.25) is 0 Å². The Kier molecular flexibility index (Phi) is 3.84. The van der Waals surface area contributed by atoms with Crippen LogP contribution < -0.4 is 5.73 Å². The third-order valence-corrected chi connectivity index (χ3v) is 4.18. The monoisotopic (exact) mass is 287 g/mol. The van der Waals surface area contributed by atoms with Crippen molar-refractivity contribution in [3.05, 3.63) is 30.0 Å².